The highest BCUT2D eigenvalue weighted by Crippen LogP contribution is 2.29. The molecular weight excluding hydrogens is 366 g/mol. The predicted molar refractivity (Wildman–Crippen MR) is 97.0 cm³/mol. The predicted octanol–water partition coefficient (Wildman–Crippen LogP) is 3.22. The van der Waals surface area contributed by atoms with Gasteiger partial charge in [-0.25, -0.2) is 8.78 Å². The van der Waals surface area contributed by atoms with E-state index in [0.717, 1.165) is 18.2 Å². The summed E-state index contributed by atoms with van der Waals surface area (Å²) in [5.41, 5.74) is 5.32. The Bertz CT molecular complexity index is 1190. The van der Waals surface area contributed by atoms with Gasteiger partial charge in [0, 0.05) is 11.1 Å². The number of H-pyrrole nitrogens is 1. The Morgan fingerprint density at radius 1 is 1.04 bits per heavy atom. The lowest BCUT2D eigenvalue weighted by atomic mass is 9.96. The molecule has 0 radical (unpaired) electrons. The average molecular weight is 378 g/mol. The molecule has 6 nitrogen and oxygen atoms in total. The Morgan fingerprint density at radius 2 is 1.71 bits per heavy atom. The third-order valence-corrected chi connectivity index (χ3v) is 4.01. The molecule has 0 amide bonds. The average Bonchev–Trinajstić information content (AvgIpc) is 2.68. The minimum absolute atomic E-state index is 0.0216. The molecule has 0 saturated heterocycles. The van der Waals surface area contributed by atoms with Crippen LogP contribution in [-0.2, 0) is 6.61 Å². The van der Waals surface area contributed by atoms with E-state index in [-0.39, 0.29) is 34.7 Å². The highest BCUT2D eigenvalue weighted by atomic mass is 19.1. The zero-order valence-corrected chi connectivity index (χ0v) is 14.3. The van der Waals surface area contributed by atoms with Gasteiger partial charge in [0.05, 0.1) is 0 Å². The van der Waals surface area contributed by atoms with Gasteiger partial charge in [0.25, 0.3) is 5.56 Å². The van der Waals surface area contributed by atoms with Crippen LogP contribution in [0.2, 0.25) is 0 Å². The summed E-state index contributed by atoms with van der Waals surface area (Å²) in [5, 5.41) is 18.6. The third-order valence-electron chi connectivity index (χ3n) is 4.01. The summed E-state index contributed by atoms with van der Waals surface area (Å²) >= 11 is 0. The maximum absolute atomic E-state index is 13.6. The second-order valence-electron chi connectivity index (χ2n) is 5.77. The quantitative estimate of drug-likeness (QED) is 0.723. The molecule has 1 aromatic heterocycles. The van der Waals surface area contributed by atoms with Gasteiger partial charge in [0.2, 0.25) is 0 Å². The summed E-state index contributed by atoms with van der Waals surface area (Å²) < 4.78 is 32.3. The second kappa shape index (κ2) is 7.60. The number of hydrogen-bond acceptors (Lipinski definition) is 5. The van der Waals surface area contributed by atoms with E-state index in [1.54, 1.807) is 6.07 Å². The molecule has 0 bridgehead atoms. The number of pyridine rings is 1. The van der Waals surface area contributed by atoms with Crippen molar-refractivity contribution in [3.63, 3.8) is 0 Å². The fourth-order valence-electron chi connectivity index (χ4n) is 2.66. The van der Waals surface area contributed by atoms with E-state index in [2.05, 4.69) is 4.98 Å². The largest absolute Gasteiger partial charge is 0.489 e. The monoisotopic (exact) mass is 378 g/mol. The molecular formula is C20H12F2N4O2. The van der Waals surface area contributed by atoms with Crippen molar-refractivity contribution in [3.8, 4) is 29.0 Å². The van der Waals surface area contributed by atoms with Crippen LogP contribution in [-0.4, -0.2) is 4.98 Å². The van der Waals surface area contributed by atoms with Gasteiger partial charge in [-0.3, -0.25) is 4.79 Å². The minimum Gasteiger partial charge on any atom is -0.489 e. The van der Waals surface area contributed by atoms with Crippen molar-refractivity contribution in [1.82, 2.24) is 4.98 Å². The summed E-state index contributed by atoms with van der Waals surface area (Å²) in [6.07, 6.45) is 0. The van der Waals surface area contributed by atoms with Gasteiger partial charge < -0.3 is 15.5 Å². The van der Waals surface area contributed by atoms with Crippen molar-refractivity contribution in [2.45, 2.75) is 6.61 Å². The molecule has 3 aromatic rings. The molecule has 8 heteroatoms. The number of benzene rings is 2. The van der Waals surface area contributed by atoms with Crippen LogP contribution >= 0.6 is 0 Å². The number of aromatic amines is 1. The number of nitriles is 2. The fourth-order valence-corrected chi connectivity index (χ4v) is 2.66. The van der Waals surface area contributed by atoms with Crippen LogP contribution in [0.25, 0.3) is 11.1 Å². The van der Waals surface area contributed by atoms with Crippen molar-refractivity contribution >= 4 is 5.82 Å². The highest BCUT2D eigenvalue weighted by Gasteiger charge is 2.18. The molecule has 0 saturated carbocycles. The third kappa shape index (κ3) is 3.53. The van der Waals surface area contributed by atoms with E-state index in [1.807, 2.05) is 6.07 Å². The van der Waals surface area contributed by atoms with Crippen molar-refractivity contribution < 1.29 is 13.5 Å². The molecule has 3 rings (SSSR count). The van der Waals surface area contributed by atoms with Crippen LogP contribution in [0, 0.1) is 34.3 Å². The number of halogens is 2. The number of nitrogens with one attached hydrogen (secondary N) is 1. The van der Waals surface area contributed by atoms with Gasteiger partial charge in [-0.1, -0.05) is 12.1 Å². The Morgan fingerprint density at radius 3 is 2.36 bits per heavy atom. The maximum Gasteiger partial charge on any atom is 0.268 e. The van der Waals surface area contributed by atoms with E-state index in [0.29, 0.717) is 11.3 Å². The number of hydrogen-bond donors (Lipinski definition) is 2. The van der Waals surface area contributed by atoms with Crippen LogP contribution in [0.5, 0.6) is 5.75 Å². The molecule has 0 aliphatic rings. The van der Waals surface area contributed by atoms with Gasteiger partial charge in [0.1, 0.15) is 53.1 Å². The summed E-state index contributed by atoms with van der Waals surface area (Å²) in [6.45, 7) is -0.187. The van der Waals surface area contributed by atoms with Crippen LogP contribution in [0.1, 0.15) is 16.7 Å². The molecule has 0 atom stereocenters. The van der Waals surface area contributed by atoms with Crippen molar-refractivity contribution in [2.24, 2.45) is 0 Å². The Hall–Kier alpha value is -4.17. The molecule has 3 N–H and O–H groups in total. The van der Waals surface area contributed by atoms with E-state index >= 15 is 0 Å². The summed E-state index contributed by atoms with van der Waals surface area (Å²) in [6, 6.07) is 12.8. The second-order valence-corrected chi connectivity index (χ2v) is 5.77. The van der Waals surface area contributed by atoms with Crippen molar-refractivity contribution in [2.75, 3.05) is 5.73 Å². The van der Waals surface area contributed by atoms with E-state index < -0.39 is 17.2 Å². The van der Waals surface area contributed by atoms with E-state index in [1.165, 1.54) is 24.3 Å². The van der Waals surface area contributed by atoms with Crippen LogP contribution in [0.4, 0.5) is 14.6 Å². The van der Waals surface area contributed by atoms with Crippen molar-refractivity contribution in [1.29, 1.82) is 10.5 Å². The van der Waals surface area contributed by atoms with Gasteiger partial charge in [-0.2, -0.15) is 10.5 Å². The minimum atomic E-state index is -0.698. The molecule has 1 heterocycles. The topological polar surface area (TPSA) is 116 Å². The number of aromatic nitrogens is 1. The highest BCUT2D eigenvalue weighted by molar-refractivity contribution is 5.80. The molecule has 2 aromatic carbocycles. The van der Waals surface area contributed by atoms with Crippen molar-refractivity contribution in [3.05, 3.63) is 81.1 Å². The zero-order chi connectivity index (χ0) is 20.3. The normalized spacial score (nSPS) is 10.1. The first-order chi connectivity index (χ1) is 13.4. The lowest BCUT2D eigenvalue weighted by molar-refractivity contribution is 0.299. The maximum atomic E-state index is 13.6. The first-order valence-corrected chi connectivity index (χ1v) is 7.97. The standard InChI is InChI=1S/C20H12F2N4O2/c21-13-3-6-17(22)12(7-13)10-28-14-4-1-11(2-5-14)18-15(8-23)19(25)26-20(27)16(18)9-24/h1-7H,10H2,(H3,25,26,27). The lowest BCUT2D eigenvalue weighted by Gasteiger charge is -2.11. The van der Waals surface area contributed by atoms with Gasteiger partial charge in [0.15, 0.2) is 0 Å². The molecule has 0 aliphatic heterocycles. The van der Waals surface area contributed by atoms with E-state index in [9.17, 15) is 24.1 Å². The van der Waals surface area contributed by atoms with Crippen LogP contribution < -0.4 is 16.0 Å². The van der Waals surface area contributed by atoms with E-state index in [4.69, 9.17) is 10.5 Å². The number of nitrogen functional groups attached to an aromatic ring is 1. The molecule has 0 fully saturated rings. The molecule has 0 aliphatic carbocycles. The van der Waals surface area contributed by atoms with Gasteiger partial charge >= 0.3 is 0 Å². The number of ether oxygens (including phenoxy) is 1. The summed E-state index contributed by atoms with van der Waals surface area (Å²) in [5.74, 6) is -0.949. The smallest absolute Gasteiger partial charge is 0.268 e. The Labute approximate surface area is 158 Å². The number of rotatable bonds is 4. The number of nitrogens with two attached hydrogens (primary N) is 1. The Kier molecular flexibility index (Phi) is 5.05. The Balaban J connectivity index is 1.92. The zero-order valence-electron chi connectivity index (χ0n) is 14.3. The summed E-state index contributed by atoms with van der Waals surface area (Å²) in [4.78, 5) is 14.2. The number of anilines is 1. The number of nitrogens with zero attached hydrogens (tertiary/aromatic N) is 2. The molecule has 28 heavy (non-hydrogen) atoms. The van der Waals surface area contributed by atoms with Gasteiger partial charge in [-0.05, 0) is 35.9 Å². The van der Waals surface area contributed by atoms with Gasteiger partial charge in [-0.15, -0.1) is 0 Å². The molecule has 0 spiro atoms. The van der Waals surface area contributed by atoms with Crippen LogP contribution in [0.15, 0.2) is 47.3 Å². The molecule has 138 valence electrons. The first kappa shape index (κ1) is 18.6. The summed E-state index contributed by atoms with van der Waals surface area (Å²) in [7, 11) is 0. The molecule has 0 unspecified atom stereocenters. The SMILES string of the molecule is N#Cc1c(N)[nH]c(=O)c(C#N)c1-c1ccc(OCc2cc(F)ccc2F)cc1. The van der Waals surface area contributed by atoms with Crippen LogP contribution in [0.3, 0.4) is 0 Å². The first-order valence-electron chi connectivity index (χ1n) is 7.97. The fraction of sp³-hybridized carbons (Fsp3) is 0.0500. The lowest BCUT2D eigenvalue weighted by Crippen LogP contribution is -2.16.